The Balaban J connectivity index is -0.000000320. The van der Waals surface area contributed by atoms with E-state index in [0.717, 1.165) is 0 Å². The Kier molecular flexibility index (Phi) is 33.0. The van der Waals surface area contributed by atoms with Crippen LogP contribution in [0.2, 0.25) is 0 Å². The number of alkyl halides is 4. The second kappa shape index (κ2) is 29.3. The van der Waals surface area contributed by atoms with Crippen LogP contribution in [0.3, 0.4) is 0 Å². The first-order valence-electron chi connectivity index (χ1n) is 16.6. The minimum absolute atomic E-state index is 0. The first-order valence-corrected chi connectivity index (χ1v) is 20.7. The maximum atomic E-state index is 13.8. The summed E-state index contributed by atoms with van der Waals surface area (Å²) in [5.74, 6) is -0.916. The van der Waals surface area contributed by atoms with Gasteiger partial charge in [0.05, 0.1) is 31.9 Å². The van der Waals surface area contributed by atoms with Crippen LogP contribution in [0.5, 0.6) is 0 Å². The summed E-state index contributed by atoms with van der Waals surface area (Å²) < 4.78 is 102. The zero-order chi connectivity index (χ0) is 41.1. The van der Waals surface area contributed by atoms with E-state index in [2.05, 4.69) is 19.6 Å². The molecular formula is C28H57B3F4N5NiO10P3. The van der Waals surface area contributed by atoms with Gasteiger partial charge in [0, 0.05) is 71.7 Å². The minimum Gasteiger partial charge on any atom is -0.378 e. The van der Waals surface area contributed by atoms with Crippen LogP contribution in [0.1, 0.15) is 54.9 Å². The molecule has 4 fully saturated rings. The number of nitrogens with two attached hydrogens (primary N) is 1. The summed E-state index contributed by atoms with van der Waals surface area (Å²) in [5, 5.41) is 5.73. The summed E-state index contributed by atoms with van der Waals surface area (Å²) in [5.41, 5.74) is 10.7. The summed E-state index contributed by atoms with van der Waals surface area (Å²) in [6.07, 6.45) is -4.34. The van der Waals surface area contributed by atoms with Crippen molar-refractivity contribution in [2.75, 3.05) is 46.7 Å². The molecule has 0 bridgehead atoms. The molecule has 26 heteroatoms. The van der Waals surface area contributed by atoms with Crippen molar-refractivity contribution in [2.45, 2.75) is 114 Å². The molecule has 4 aliphatic rings. The van der Waals surface area contributed by atoms with Gasteiger partial charge in [-0.25, -0.2) is 22.8 Å². The average Bonchev–Trinajstić information content (AvgIpc) is 3.62. The fraction of sp³-hybridized carbons (Fsp3) is 0.964. The van der Waals surface area contributed by atoms with E-state index < -0.39 is 81.4 Å². The first kappa shape index (κ1) is 60.8. The van der Waals surface area contributed by atoms with Gasteiger partial charge in [-0.15, -0.1) is 9.42 Å². The Bertz CT molecular complexity index is 1140. The van der Waals surface area contributed by atoms with Crippen molar-refractivity contribution >= 4 is 48.3 Å². The van der Waals surface area contributed by atoms with Gasteiger partial charge in [-0.1, -0.05) is 53.6 Å². The summed E-state index contributed by atoms with van der Waals surface area (Å²) >= 11 is 0. The van der Waals surface area contributed by atoms with Crippen LogP contribution in [-0.2, 0) is 53.4 Å². The van der Waals surface area contributed by atoms with Gasteiger partial charge >= 0.3 is 16.0 Å². The van der Waals surface area contributed by atoms with Crippen LogP contribution in [0, 0.1) is 19.3 Å². The van der Waals surface area contributed by atoms with Gasteiger partial charge in [-0.05, 0) is 18.6 Å². The number of ether oxygens (including phenoxy) is 3. The minimum atomic E-state index is -3.80. The molecule has 54 heavy (non-hydrogen) atoms. The van der Waals surface area contributed by atoms with E-state index in [1.807, 2.05) is 34.6 Å². The standard InChI is InChI=1S/C8H13BFN3O.C7H13BFNO5P2.C7H12BFNO4P.2C2H6.CH3F.CH3.Ni/c1-3-8(4-12-13-11)5(2)6(10)7(9)14-8;1-16-15-5-4(9)6(8)14-7(5)2-10-17(11,12)13-3-7;1-4-5(9)6(8)14-7(4,2-10)3-13-15(11)12;3*1-2;;/h5-7H,3-4H2,1-2H3;4-6,16H,2-3H2,1H3,(H2,10,11,12);4-6H,2-3,10H2,1H3;2*1-2H3;1H3;1H3;/q;;;;;;-1;/p+1/t5?,6-,7+,8-;4-,5?,6+,7+;4?,5-,6+,7+;;;;;/m000...../s1. The van der Waals surface area contributed by atoms with E-state index in [4.69, 9.17) is 67.8 Å². The maximum absolute atomic E-state index is 13.8. The van der Waals surface area contributed by atoms with Crippen LogP contribution < -0.4 is 10.8 Å². The molecule has 316 valence electrons. The Morgan fingerprint density at radius 3 is 1.83 bits per heavy atom. The Morgan fingerprint density at radius 1 is 1.04 bits per heavy atom. The van der Waals surface area contributed by atoms with Crippen LogP contribution in [0.25, 0.3) is 10.4 Å². The molecule has 6 radical (unpaired) electrons. The van der Waals surface area contributed by atoms with E-state index in [-0.39, 0.29) is 71.5 Å². The first-order chi connectivity index (χ1) is 24.4. The molecule has 15 atom stereocenters. The van der Waals surface area contributed by atoms with Crippen molar-refractivity contribution in [2.24, 2.45) is 22.7 Å². The second-order valence-electron chi connectivity index (χ2n) is 11.2. The molecule has 4 rings (SSSR count). The van der Waals surface area contributed by atoms with Crippen LogP contribution in [0.15, 0.2) is 5.11 Å². The molecule has 0 aromatic rings. The smallest absolute Gasteiger partial charge is 0.378 e. The van der Waals surface area contributed by atoms with Gasteiger partial charge in [0.2, 0.25) is 0 Å². The van der Waals surface area contributed by atoms with E-state index in [0.29, 0.717) is 13.6 Å². The molecule has 0 amide bonds. The second-order valence-corrected chi connectivity index (χ2v) is 14.2. The Morgan fingerprint density at radius 2 is 1.50 bits per heavy atom. The third-order valence-electron chi connectivity index (χ3n) is 8.55. The predicted octanol–water partition coefficient (Wildman–Crippen LogP) is 4.80. The molecule has 0 aromatic carbocycles. The average molecular weight is 884 g/mol. The number of halogens is 4. The number of nitrogens with zero attached hydrogens (tertiary/aromatic N) is 3. The summed E-state index contributed by atoms with van der Waals surface area (Å²) in [7, 11) is 10.3. The number of azide groups is 1. The van der Waals surface area contributed by atoms with Gasteiger partial charge in [-0.2, -0.15) is 0 Å². The number of rotatable bonds is 9. The molecule has 4 saturated heterocycles. The quantitative estimate of drug-likeness (QED) is 0.0468. The Hall–Kier alpha value is 0.0783. The van der Waals surface area contributed by atoms with Crippen LogP contribution >= 0.6 is 24.8 Å². The van der Waals surface area contributed by atoms with Gasteiger partial charge < -0.3 is 36.8 Å². The van der Waals surface area contributed by atoms with Gasteiger partial charge in [0.25, 0.3) is 0 Å². The molecule has 15 nitrogen and oxygen atoms in total. The molecule has 0 aliphatic carbocycles. The monoisotopic (exact) mass is 883 g/mol. The number of hydrogen-bond donors (Lipinski definition) is 4. The van der Waals surface area contributed by atoms with Crippen molar-refractivity contribution in [3.8, 4) is 0 Å². The van der Waals surface area contributed by atoms with Crippen LogP contribution in [0.4, 0.5) is 17.6 Å². The fourth-order valence-electron chi connectivity index (χ4n) is 5.46. The fourth-order valence-corrected chi connectivity index (χ4v) is 7.34. The zero-order valence-electron chi connectivity index (χ0n) is 32.5. The molecule has 4 aliphatic heterocycles. The van der Waals surface area contributed by atoms with Crippen molar-refractivity contribution in [1.82, 2.24) is 5.09 Å². The molecule has 0 saturated carbocycles. The largest absolute Gasteiger partial charge is 0.694 e. The van der Waals surface area contributed by atoms with Gasteiger partial charge in [0.15, 0.2) is 0 Å². The topological polar surface area (TPSA) is 217 Å². The van der Waals surface area contributed by atoms with Crippen molar-refractivity contribution < 1.29 is 80.8 Å². The molecule has 5 N–H and O–H groups in total. The SMILES string of the molecule is CC.CC.CF.[B][C@@H]1O[C@@](CC)(CN=[N+]=[N-])C(C)[C@@H]1F.[B][C@@H]1O[C@@]2(CNP(=O)(O)OC2)C(OPC)[C@@H]1F.[B][C@@H]1O[C@](CN)(CO[P+](=O)O)C(C)[C@@H]1F.[CH3-].[Ni]. The predicted molar refractivity (Wildman–Crippen MR) is 201 cm³/mol. The van der Waals surface area contributed by atoms with E-state index >= 15 is 0 Å². The summed E-state index contributed by atoms with van der Waals surface area (Å²) in [6.45, 7) is 14.5. The summed E-state index contributed by atoms with van der Waals surface area (Å²) in [4.78, 5) is 20.3. The third-order valence-corrected chi connectivity index (χ3v) is 10.4. The van der Waals surface area contributed by atoms with Crippen molar-refractivity contribution in [3.63, 3.8) is 0 Å². The summed E-state index contributed by atoms with van der Waals surface area (Å²) in [6, 6.07) is -3.08. The molecule has 4 heterocycles. The normalized spacial score (nSPS) is 39.1. The molecule has 1 spiro atoms. The van der Waals surface area contributed by atoms with E-state index in [1.54, 1.807) is 20.5 Å². The van der Waals surface area contributed by atoms with Crippen LogP contribution in [-0.4, -0.2) is 139 Å². The molecule has 0 aromatic heterocycles. The van der Waals surface area contributed by atoms with E-state index in [1.165, 1.54) is 0 Å². The van der Waals surface area contributed by atoms with Gasteiger partial charge in [-0.3, -0.25) is 8.91 Å². The molecule has 6 unspecified atom stereocenters. The Labute approximate surface area is 334 Å². The van der Waals surface area contributed by atoms with Gasteiger partial charge in [0.1, 0.15) is 66.0 Å². The van der Waals surface area contributed by atoms with E-state index in [9.17, 15) is 26.7 Å². The number of nitrogens with one attached hydrogen (secondary N) is 1. The number of hydrogen-bond acceptors (Lipinski definition) is 10. The zero-order valence-corrected chi connectivity index (χ0v) is 36.2. The van der Waals surface area contributed by atoms with Crippen molar-refractivity contribution in [3.05, 3.63) is 17.9 Å². The molecular weight excluding hydrogens is 826 g/mol. The third kappa shape index (κ3) is 16.4. The van der Waals surface area contributed by atoms with Crippen molar-refractivity contribution in [1.29, 1.82) is 0 Å². The maximum Gasteiger partial charge on any atom is 0.694 e.